The van der Waals surface area contributed by atoms with Gasteiger partial charge in [-0.25, -0.2) is 4.79 Å². The van der Waals surface area contributed by atoms with Gasteiger partial charge in [-0.1, -0.05) is 6.07 Å². The van der Waals surface area contributed by atoms with E-state index in [0.29, 0.717) is 25.2 Å². The number of nitrogens with zero attached hydrogens (tertiary/aromatic N) is 1. The van der Waals surface area contributed by atoms with Crippen molar-refractivity contribution in [1.82, 2.24) is 5.32 Å². The van der Waals surface area contributed by atoms with E-state index in [1.54, 1.807) is 18.2 Å². The Balaban J connectivity index is 2.17. The van der Waals surface area contributed by atoms with Crippen LogP contribution in [0.4, 0.5) is 5.69 Å². The molecule has 1 fully saturated rings. The monoisotopic (exact) mass is 264 g/mol. The zero-order valence-corrected chi connectivity index (χ0v) is 10.6. The number of aliphatic carboxylic acids is 1. The van der Waals surface area contributed by atoms with E-state index in [2.05, 4.69) is 10.1 Å². The van der Waals surface area contributed by atoms with E-state index in [-0.39, 0.29) is 0 Å². The number of rotatable bonds is 3. The van der Waals surface area contributed by atoms with Gasteiger partial charge in [0.25, 0.3) is 0 Å². The number of carboxylic acids is 1. The van der Waals surface area contributed by atoms with Crippen LogP contribution in [0.2, 0.25) is 0 Å². The Morgan fingerprint density at radius 1 is 1.47 bits per heavy atom. The lowest BCUT2D eigenvalue weighted by Crippen LogP contribution is -2.54. The highest BCUT2D eigenvalue weighted by Gasteiger charge is 2.25. The lowest BCUT2D eigenvalue weighted by atomic mass is 10.1. The van der Waals surface area contributed by atoms with Crippen molar-refractivity contribution in [2.45, 2.75) is 6.04 Å². The number of carbonyl (C=O) groups is 2. The predicted octanol–water partition coefficient (Wildman–Crippen LogP) is 0.336. The summed E-state index contributed by atoms with van der Waals surface area (Å²) < 4.78 is 4.67. The van der Waals surface area contributed by atoms with Gasteiger partial charge in [-0.2, -0.15) is 0 Å². The van der Waals surface area contributed by atoms with Crippen LogP contribution in [0.15, 0.2) is 24.3 Å². The molecule has 1 unspecified atom stereocenters. The minimum atomic E-state index is -0.867. The fraction of sp³-hybridized carbons (Fsp3) is 0.385. The number of benzene rings is 1. The molecule has 0 radical (unpaired) electrons. The van der Waals surface area contributed by atoms with Crippen LogP contribution >= 0.6 is 0 Å². The van der Waals surface area contributed by atoms with Gasteiger partial charge in [-0.05, 0) is 18.2 Å². The summed E-state index contributed by atoms with van der Waals surface area (Å²) in [7, 11) is 1.33. The summed E-state index contributed by atoms with van der Waals surface area (Å²) in [6.45, 7) is 1.67. The molecule has 0 spiro atoms. The molecular formula is C13H16N2O4. The number of methoxy groups -OCH3 is 1. The number of piperazine rings is 1. The number of esters is 1. The maximum atomic E-state index is 11.5. The Hall–Kier alpha value is -2.08. The molecule has 1 aromatic rings. The molecule has 1 aromatic carbocycles. The maximum Gasteiger partial charge on any atom is 0.337 e. The van der Waals surface area contributed by atoms with Gasteiger partial charge in [-0.3, -0.25) is 4.79 Å². The van der Waals surface area contributed by atoms with Gasteiger partial charge in [0.15, 0.2) is 0 Å². The van der Waals surface area contributed by atoms with Crippen molar-refractivity contribution < 1.29 is 19.4 Å². The fourth-order valence-corrected chi connectivity index (χ4v) is 2.10. The number of ether oxygens (including phenoxy) is 1. The average Bonchev–Trinajstić information content (AvgIpc) is 2.46. The number of nitrogens with one attached hydrogen (secondary N) is 1. The largest absolute Gasteiger partial charge is 0.480 e. The fourth-order valence-electron chi connectivity index (χ4n) is 2.10. The first-order valence-corrected chi connectivity index (χ1v) is 6.01. The summed E-state index contributed by atoms with van der Waals surface area (Å²) in [6, 6.07) is 6.42. The zero-order valence-electron chi connectivity index (χ0n) is 10.6. The summed E-state index contributed by atoms with van der Waals surface area (Å²) >= 11 is 0. The number of carbonyl (C=O) groups excluding carboxylic acids is 1. The van der Waals surface area contributed by atoms with Crippen LogP contribution in [-0.2, 0) is 9.53 Å². The summed E-state index contributed by atoms with van der Waals surface area (Å²) in [4.78, 5) is 24.4. The van der Waals surface area contributed by atoms with Crippen molar-refractivity contribution in [2.75, 3.05) is 31.6 Å². The summed E-state index contributed by atoms with van der Waals surface area (Å²) in [5, 5.41) is 12.0. The van der Waals surface area contributed by atoms with Crippen molar-refractivity contribution >= 4 is 17.6 Å². The minimum Gasteiger partial charge on any atom is -0.480 e. The van der Waals surface area contributed by atoms with Crippen LogP contribution in [0, 0.1) is 0 Å². The van der Waals surface area contributed by atoms with Crippen LogP contribution in [-0.4, -0.2) is 49.8 Å². The second-order valence-corrected chi connectivity index (χ2v) is 4.33. The Labute approximate surface area is 111 Å². The Morgan fingerprint density at radius 2 is 2.26 bits per heavy atom. The third kappa shape index (κ3) is 3.03. The molecular weight excluding hydrogens is 248 g/mol. The second-order valence-electron chi connectivity index (χ2n) is 4.33. The first-order valence-electron chi connectivity index (χ1n) is 6.01. The van der Waals surface area contributed by atoms with Crippen molar-refractivity contribution in [2.24, 2.45) is 0 Å². The van der Waals surface area contributed by atoms with Crippen LogP contribution in [0.5, 0.6) is 0 Å². The van der Waals surface area contributed by atoms with E-state index in [1.165, 1.54) is 7.11 Å². The van der Waals surface area contributed by atoms with E-state index >= 15 is 0 Å². The highest BCUT2D eigenvalue weighted by molar-refractivity contribution is 5.90. The third-order valence-electron chi connectivity index (χ3n) is 3.11. The van der Waals surface area contributed by atoms with Gasteiger partial charge in [0.05, 0.1) is 12.7 Å². The molecule has 19 heavy (non-hydrogen) atoms. The SMILES string of the molecule is COC(=O)c1cccc(N2CCNC(C(=O)O)C2)c1. The van der Waals surface area contributed by atoms with Gasteiger partial charge in [0.1, 0.15) is 6.04 Å². The summed E-state index contributed by atoms with van der Waals surface area (Å²) in [5.41, 5.74) is 1.29. The van der Waals surface area contributed by atoms with Crippen LogP contribution in [0.25, 0.3) is 0 Å². The molecule has 1 heterocycles. The second kappa shape index (κ2) is 5.71. The molecule has 0 saturated carbocycles. The summed E-state index contributed by atoms with van der Waals surface area (Å²) in [5.74, 6) is -1.26. The predicted molar refractivity (Wildman–Crippen MR) is 69.4 cm³/mol. The Morgan fingerprint density at radius 3 is 2.95 bits per heavy atom. The first kappa shape index (κ1) is 13.4. The Bertz CT molecular complexity index is 489. The molecule has 1 saturated heterocycles. The van der Waals surface area contributed by atoms with E-state index < -0.39 is 18.0 Å². The standard InChI is InChI=1S/C13H16N2O4/c1-19-13(18)9-3-2-4-10(7-9)15-6-5-14-11(8-15)12(16)17/h2-4,7,11,14H,5-6,8H2,1H3,(H,16,17). The van der Waals surface area contributed by atoms with E-state index in [9.17, 15) is 9.59 Å². The molecule has 6 heteroatoms. The van der Waals surface area contributed by atoms with Crippen molar-refractivity contribution in [3.63, 3.8) is 0 Å². The normalized spacial score (nSPS) is 19.0. The number of carboxylic acid groups (broad SMARTS) is 1. The lowest BCUT2D eigenvalue weighted by molar-refractivity contribution is -0.139. The van der Waals surface area contributed by atoms with Crippen LogP contribution in [0.3, 0.4) is 0 Å². The smallest absolute Gasteiger partial charge is 0.337 e. The molecule has 0 aromatic heterocycles. The molecule has 0 bridgehead atoms. The van der Waals surface area contributed by atoms with E-state index in [4.69, 9.17) is 5.11 Å². The molecule has 2 rings (SSSR count). The van der Waals surface area contributed by atoms with Crippen LogP contribution < -0.4 is 10.2 Å². The molecule has 102 valence electrons. The van der Waals surface area contributed by atoms with E-state index in [1.807, 2.05) is 11.0 Å². The van der Waals surface area contributed by atoms with Gasteiger partial charge < -0.3 is 20.1 Å². The maximum absolute atomic E-state index is 11.5. The lowest BCUT2D eigenvalue weighted by Gasteiger charge is -2.33. The van der Waals surface area contributed by atoms with Gasteiger partial charge in [-0.15, -0.1) is 0 Å². The third-order valence-corrected chi connectivity index (χ3v) is 3.11. The number of anilines is 1. The highest BCUT2D eigenvalue weighted by atomic mass is 16.5. The molecule has 2 N–H and O–H groups in total. The molecule has 0 aliphatic carbocycles. The van der Waals surface area contributed by atoms with Crippen molar-refractivity contribution in [1.29, 1.82) is 0 Å². The Kier molecular flexibility index (Phi) is 4.01. The van der Waals surface area contributed by atoms with Crippen molar-refractivity contribution in [3.8, 4) is 0 Å². The topological polar surface area (TPSA) is 78.9 Å². The zero-order chi connectivity index (χ0) is 13.8. The van der Waals surface area contributed by atoms with Gasteiger partial charge in [0, 0.05) is 25.3 Å². The van der Waals surface area contributed by atoms with Crippen LogP contribution in [0.1, 0.15) is 10.4 Å². The number of hydrogen-bond donors (Lipinski definition) is 2. The van der Waals surface area contributed by atoms with Crippen molar-refractivity contribution in [3.05, 3.63) is 29.8 Å². The molecule has 6 nitrogen and oxygen atoms in total. The molecule has 1 aliphatic heterocycles. The number of hydrogen-bond acceptors (Lipinski definition) is 5. The first-order chi connectivity index (χ1) is 9.11. The van der Waals surface area contributed by atoms with Gasteiger partial charge >= 0.3 is 11.9 Å². The molecule has 1 atom stereocenters. The van der Waals surface area contributed by atoms with E-state index in [0.717, 1.165) is 5.69 Å². The summed E-state index contributed by atoms with van der Waals surface area (Å²) in [6.07, 6.45) is 0. The average molecular weight is 264 g/mol. The van der Waals surface area contributed by atoms with Gasteiger partial charge in [0.2, 0.25) is 0 Å². The quantitative estimate of drug-likeness (QED) is 0.766. The highest BCUT2D eigenvalue weighted by Crippen LogP contribution is 2.18. The minimum absolute atomic E-state index is 0.375. The molecule has 0 amide bonds. The molecule has 1 aliphatic rings.